The minimum Gasteiger partial charge on any atom is -0.493 e. The Morgan fingerprint density at radius 1 is 1.19 bits per heavy atom. The highest BCUT2D eigenvalue weighted by Crippen LogP contribution is 2.40. The highest BCUT2D eigenvalue weighted by molar-refractivity contribution is 7.99. The van der Waals surface area contributed by atoms with Crippen molar-refractivity contribution >= 4 is 29.3 Å². The van der Waals surface area contributed by atoms with Crippen molar-refractivity contribution in [3.05, 3.63) is 64.4 Å². The zero-order valence-corrected chi connectivity index (χ0v) is 22.6. The number of thioether (sulfide) groups is 1. The van der Waals surface area contributed by atoms with E-state index in [1.807, 2.05) is 71.0 Å². The van der Waals surface area contributed by atoms with Crippen LogP contribution in [0.2, 0.25) is 0 Å². The zero-order valence-electron chi connectivity index (χ0n) is 21.8. The molecule has 0 fully saturated rings. The number of aromatic nitrogens is 3. The first kappa shape index (κ1) is 25.6. The van der Waals surface area contributed by atoms with Gasteiger partial charge in [0, 0.05) is 11.4 Å². The average Bonchev–Trinajstić information content (AvgIpc) is 3.23. The second kappa shape index (κ2) is 10.7. The van der Waals surface area contributed by atoms with Gasteiger partial charge in [0.25, 0.3) is 5.91 Å². The van der Waals surface area contributed by atoms with E-state index in [0.29, 0.717) is 28.2 Å². The Labute approximate surface area is 216 Å². The number of carbonyl (C=O) groups excluding carboxylic acids is 1. The number of hydrogen-bond acceptors (Lipinski definition) is 7. The molecule has 9 heteroatoms. The molecule has 0 radical (unpaired) electrons. The van der Waals surface area contributed by atoms with Crippen LogP contribution in [0.25, 0.3) is 0 Å². The monoisotopic (exact) mass is 507 g/mol. The Hall–Kier alpha value is -3.46. The molecule has 0 saturated heterocycles. The van der Waals surface area contributed by atoms with E-state index in [1.165, 1.54) is 0 Å². The summed E-state index contributed by atoms with van der Waals surface area (Å²) in [6.07, 6.45) is 0.000207. The van der Waals surface area contributed by atoms with Crippen molar-refractivity contribution in [3.8, 4) is 11.5 Å². The average molecular weight is 508 g/mol. The van der Waals surface area contributed by atoms with Crippen molar-refractivity contribution in [2.45, 2.75) is 58.8 Å². The molecule has 190 valence electrons. The smallest absolute Gasteiger partial charge is 0.255 e. The first-order valence-corrected chi connectivity index (χ1v) is 13.0. The molecule has 1 unspecified atom stereocenters. The number of nitrogens with one attached hydrogen (secondary N) is 2. The van der Waals surface area contributed by atoms with E-state index in [4.69, 9.17) is 14.6 Å². The van der Waals surface area contributed by atoms with Gasteiger partial charge in [-0.1, -0.05) is 36.9 Å². The third-order valence-corrected chi connectivity index (χ3v) is 6.79. The predicted molar refractivity (Wildman–Crippen MR) is 144 cm³/mol. The van der Waals surface area contributed by atoms with Gasteiger partial charge in [-0.05, 0) is 75.3 Å². The third kappa shape index (κ3) is 5.06. The lowest BCUT2D eigenvalue weighted by atomic mass is 9.94. The van der Waals surface area contributed by atoms with E-state index in [1.54, 1.807) is 23.6 Å². The maximum Gasteiger partial charge on any atom is 0.255 e. The van der Waals surface area contributed by atoms with Crippen LogP contribution in [-0.4, -0.2) is 39.6 Å². The van der Waals surface area contributed by atoms with Gasteiger partial charge in [0.1, 0.15) is 6.04 Å². The predicted octanol–water partition coefficient (Wildman–Crippen LogP) is 5.73. The van der Waals surface area contributed by atoms with Crippen LogP contribution in [0.15, 0.2) is 52.8 Å². The van der Waals surface area contributed by atoms with Gasteiger partial charge in [0.15, 0.2) is 11.5 Å². The van der Waals surface area contributed by atoms with Gasteiger partial charge in [-0.15, -0.1) is 5.10 Å². The fraction of sp³-hybridized carbons (Fsp3) is 0.370. The number of nitrogens with zero attached hydrogens (tertiary/aromatic N) is 3. The highest BCUT2D eigenvalue weighted by Gasteiger charge is 2.35. The molecule has 2 heterocycles. The number of methoxy groups -OCH3 is 1. The number of aryl methyl sites for hydroxylation is 1. The molecule has 0 bridgehead atoms. The van der Waals surface area contributed by atoms with Crippen molar-refractivity contribution in [3.63, 3.8) is 0 Å². The van der Waals surface area contributed by atoms with Crippen molar-refractivity contribution in [2.75, 3.05) is 23.5 Å². The van der Waals surface area contributed by atoms with Crippen LogP contribution in [0.3, 0.4) is 0 Å². The fourth-order valence-corrected chi connectivity index (χ4v) is 4.76. The van der Waals surface area contributed by atoms with Crippen LogP contribution < -0.4 is 20.1 Å². The van der Waals surface area contributed by atoms with Gasteiger partial charge in [-0.25, -0.2) is 4.68 Å². The second-order valence-corrected chi connectivity index (χ2v) is 10.2. The quantitative estimate of drug-likeness (QED) is 0.376. The summed E-state index contributed by atoms with van der Waals surface area (Å²) in [5, 5.41) is 11.8. The summed E-state index contributed by atoms with van der Waals surface area (Å²) in [5.41, 5.74) is 5.04. The molecule has 2 N–H and O–H groups in total. The van der Waals surface area contributed by atoms with E-state index in [-0.39, 0.29) is 12.0 Å². The standard InChI is InChI=1S/C27H33N5O3S/c1-8-36-27-30-26-28-18(6)23(25(33)29-20-11-9-10-16(4)17(20)5)24(32(26)31-27)19-12-13-21(35-15(2)3)22(14-19)34-7/h9-15,24H,8H2,1-7H3,(H,29,33)(H,28,30,31). The van der Waals surface area contributed by atoms with E-state index < -0.39 is 6.04 Å². The van der Waals surface area contributed by atoms with Crippen molar-refractivity contribution in [2.24, 2.45) is 0 Å². The van der Waals surface area contributed by atoms with Gasteiger partial charge in [0.2, 0.25) is 11.1 Å². The Morgan fingerprint density at radius 2 is 1.97 bits per heavy atom. The van der Waals surface area contributed by atoms with Crippen LogP contribution in [0.5, 0.6) is 11.5 Å². The lowest BCUT2D eigenvalue weighted by Crippen LogP contribution is -2.31. The van der Waals surface area contributed by atoms with E-state index in [2.05, 4.69) is 22.5 Å². The van der Waals surface area contributed by atoms with Crippen molar-refractivity contribution in [1.29, 1.82) is 0 Å². The molecule has 1 amide bonds. The summed E-state index contributed by atoms with van der Waals surface area (Å²) in [6, 6.07) is 11.1. The molecular weight excluding hydrogens is 474 g/mol. The van der Waals surface area contributed by atoms with Gasteiger partial charge < -0.3 is 20.1 Å². The second-order valence-electron chi connectivity index (χ2n) is 8.94. The minimum atomic E-state index is -0.507. The molecule has 3 aromatic rings. The largest absolute Gasteiger partial charge is 0.493 e. The van der Waals surface area contributed by atoms with E-state index >= 15 is 0 Å². The van der Waals surface area contributed by atoms with Crippen LogP contribution in [0, 0.1) is 13.8 Å². The van der Waals surface area contributed by atoms with E-state index in [0.717, 1.165) is 33.8 Å². The van der Waals surface area contributed by atoms with Gasteiger partial charge >= 0.3 is 0 Å². The Balaban J connectivity index is 1.81. The summed E-state index contributed by atoms with van der Waals surface area (Å²) >= 11 is 1.55. The van der Waals surface area contributed by atoms with E-state index in [9.17, 15) is 4.79 Å². The summed E-state index contributed by atoms with van der Waals surface area (Å²) in [6.45, 7) is 11.9. The third-order valence-electron chi connectivity index (χ3n) is 6.07. The molecule has 0 spiro atoms. The summed E-state index contributed by atoms with van der Waals surface area (Å²) < 4.78 is 13.3. The molecule has 0 saturated carbocycles. The van der Waals surface area contributed by atoms with Crippen molar-refractivity contribution < 1.29 is 14.3 Å². The molecule has 1 aliphatic rings. The van der Waals surface area contributed by atoms with Gasteiger partial charge in [-0.2, -0.15) is 4.98 Å². The number of hydrogen-bond donors (Lipinski definition) is 2. The molecule has 8 nitrogen and oxygen atoms in total. The number of fused-ring (bicyclic) bond motifs is 1. The summed E-state index contributed by atoms with van der Waals surface area (Å²) in [4.78, 5) is 18.5. The molecule has 4 rings (SSSR count). The number of ether oxygens (including phenoxy) is 2. The summed E-state index contributed by atoms with van der Waals surface area (Å²) in [7, 11) is 1.61. The minimum absolute atomic E-state index is 0.000207. The van der Waals surface area contributed by atoms with Crippen LogP contribution in [0.4, 0.5) is 11.6 Å². The Bertz CT molecular complexity index is 1310. The molecule has 1 aliphatic heterocycles. The normalized spacial score (nSPS) is 14.9. The molecular formula is C27H33N5O3S. The van der Waals surface area contributed by atoms with Gasteiger partial charge in [-0.3, -0.25) is 4.79 Å². The van der Waals surface area contributed by atoms with Crippen LogP contribution in [0.1, 0.15) is 50.4 Å². The van der Waals surface area contributed by atoms with Crippen LogP contribution >= 0.6 is 11.8 Å². The Morgan fingerprint density at radius 3 is 2.67 bits per heavy atom. The Kier molecular flexibility index (Phi) is 7.59. The number of anilines is 2. The molecule has 1 atom stereocenters. The topological polar surface area (TPSA) is 90.3 Å². The van der Waals surface area contributed by atoms with Crippen molar-refractivity contribution in [1.82, 2.24) is 14.8 Å². The van der Waals surface area contributed by atoms with Gasteiger partial charge in [0.05, 0.1) is 18.8 Å². The molecule has 0 aliphatic carbocycles. The number of rotatable bonds is 8. The first-order valence-electron chi connectivity index (χ1n) is 12.0. The summed E-state index contributed by atoms with van der Waals surface area (Å²) in [5.74, 6) is 2.48. The first-order chi connectivity index (χ1) is 17.2. The lowest BCUT2D eigenvalue weighted by Gasteiger charge is -2.29. The maximum absolute atomic E-state index is 13.8. The number of benzene rings is 2. The maximum atomic E-state index is 13.8. The number of carbonyl (C=O) groups is 1. The highest BCUT2D eigenvalue weighted by atomic mass is 32.2. The lowest BCUT2D eigenvalue weighted by molar-refractivity contribution is -0.113. The number of amides is 1. The molecule has 2 aromatic carbocycles. The zero-order chi connectivity index (χ0) is 26.0. The molecule has 1 aromatic heterocycles. The molecule has 36 heavy (non-hydrogen) atoms. The van der Waals surface area contributed by atoms with Crippen LogP contribution in [-0.2, 0) is 4.79 Å². The fourth-order valence-electron chi connectivity index (χ4n) is 4.21. The number of allylic oxidation sites excluding steroid dienone is 1. The SMILES string of the molecule is CCSc1nc2n(n1)C(c1ccc(OC(C)C)c(OC)c1)C(C(=O)Nc1cccc(C)c1C)=C(C)N2.